The minimum Gasteiger partial charge on any atom is -0.329 e. The molecule has 0 saturated carbocycles. The summed E-state index contributed by atoms with van der Waals surface area (Å²) in [7, 11) is 0. The maximum atomic E-state index is 5.72. The number of hydrogen-bond acceptors (Lipinski definition) is 2. The van der Waals surface area contributed by atoms with Crippen LogP contribution in [-0.2, 0) is 12.8 Å². The van der Waals surface area contributed by atoms with Crippen molar-refractivity contribution in [2.75, 3.05) is 19.6 Å². The van der Waals surface area contributed by atoms with Crippen molar-refractivity contribution in [2.24, 2.45) is 5.73 Å². The third kappa shape index (κ3) is 2.39. The molecule has 0 saturated heterocycles. The van der Waals surface area contributed by atoms with Gasteiger partial charge in [-0.1, -0.05) is 24.3 Å². The molecule has 0 aromatic heterocycles. The molecular weight excluding hydrogens is 184 g/mol. The molecule has 0 amide bonds. The Morgan fingerprint density at radius 3 is 2.20 bits per heavy atom. The Bertz CT molecular complexity index is 295. The summed E-state index contributed by atoms with van der Waals surface area (Å²) in [5, 5.41) is 0. The van der Waals surface area contributed by atoms with Crippen LogP contribution in [0.5, 0.6) is 0 Å². The molecule has 2 N–H and O–H groups in total. The van der Waals surface area contributed by atoms with Gasteiger partial charge in [-0.25, -0.2) is 0 Å². The predicted octanol–water partition coefficient (Wildman–Crippen LogP) is 1.43. The molecule has 0 bridgehead atoms. The monoisotopic (exact) mass is 204 g/mol. The molecule has 2 rings (SSSR count). The molecule has 1 aliphatic rings. The molecule has 1 aromatic rings. The SMILES string of the molecule is CC(CN)N1CCc2ccccc2CC1. The molecule has 0 spiro atoms. The molecule has 0 fully saturated rings. The van der Waals surface area contributed by atoms with Crippen molar-refractivity contribution in [1.29, 1.82) is 0 Å². The van der Waals surface area contributed by atoms with Crippen molar-refractivity contribution in [3.63, 3.8) is 0 Å². The lowest BCUT2D eigenvalue weighted by Crippen LogP contribution is -2.39. The van der Waals surface area contributed by atoms with Crippen LogP contribution in [0.4, 0.5) is 0 Å². The van der Waals surface area contributed by atoms with E-state index in [2.05, 4.69) is 36.1 Å². The van der Waals surface area contributed by atoms with E-state index in [9.17, 15) is 0 Å². The Kier molecular flexibility index (Phi) is 3.39. The van der Waals surface area contributed by atoms with Crippen LogP contribution in [-0.4, -0.2) is 30.6 Å². The fourth-order valence-electron chi connectivity index (χ4n) is 2.28. The van der Waals surface area contributed by atoms with E-state index in [-0.39, 0.29) is 0 Å². The second-order valence-corrected chi connectivity index (χ2v) is 4.39. The van der Waals surface area contributed by atoms with Gasteiger partial charge in [0, 0.05) is 25.7 Å². The van der Waals surface area contributed by atoms with E-state index in [0.29, 0.717) is 6.04 Å². The van der Waals surface area contributed by atoms with E-state index in [1.54, 1.807) is 0 Å². The van der Waals surface area contributed by atoms with Gasteiger partial charge in [0.25, 0.3) is 0 Å². The van der Waals surface area contributed by atoms with Crippen LogP contribution in [0.25, 0.3) is 0 Å². The fraction of sp³-hybridized carbons (Fsp3) is 0.538. The van der Waals surface area contributed by atoms with E-state index >= 15 is 0 Å². The highest BCUT2D eigenvalue weighted by Gasteiger charge is 2.16. The van der Waals surface area contributed by atoms with Crippen LogP contribution in [0.15, 0.2) is 24.3 Å². The summed E-state index contributed by atoms with van der Waals surface area (Å²) in [6.07, 6.45) is 2.33. The van der Waals surface area contributed by atoms with Gasteiger partial charge in [-0.3, -0.25) is 4.90 Å². The summed E-state index contributed by atoms with van der Waals surface area (Å²) in [5.41, 5.74) is 8.75. The lowest BCUT2D eigenvalue weighted by atomic mass is 10.0. The van der Waals surface area contributed by atoms with Gasteiger partial charge < -0.3 is 5.73 Å². The van der Waals surface area contributed by atoms with E-state index < -0.39 is 0 Å². The normalized spacial score (nSPS) is 19.3. The average Bonchev–Trinajstić information content (AvgIpc) is 2.50. The van der Waals surface area contributed by atoms with Gasteiger partial charge in [-0.05, 0) is 30.9 Å². The third-order valence-corrected chi connectivity index (χ3v) is 3.42. The summed E-state index contributed by atoms with van der Waals surface area (Å²) in [5.74, 6) is 0. The average molecular weight is 204 g/mol. The summed E-state index contributed by atoms with van der Waals surface area (Å²) in [4.78, 5) is 2.50. The van der Waals surface area contributed by atoms with E-state index in [1.807, 2.05) is 0 Å². The van der Waals surface area contributed by atoms with Gasteiger partial charge in [0.1, 0.15) is 0 Å². The lowest BCUT2D eigenvalue weighted by molar-refractivity contribution is 0.223. The zero-order valence-corrected chi connectivity index (χ0v) is 9.45. The molecule has 1 aliphatic heterocycles. The van der Waals surface area contributed by atoms with Crippen LogP contribution < -0.4 is 5.73 Å². The summed E-state index contributed by atoms with van der Waals surface area (Å²) in [6, 6.07) is 9.30. The number of fused-ring (bicyclic) bond motifs is 1. The standard InChI is InChI=1S/C13H20N2/c1-11(10-14)15-8-6-12-4-2-3-5-13(12)7-9-15/h2-5,11H,6-10,14H2,1H3. The Hall–Kier alpha value is -0.860. The first kappa shape index (κ1) is 10.7. The molecule has 15 heavy (non-hydrogen) atoms. The molecule has 1 heterocycles. The minimum absolute atomic E-state index is 0.513. The Morgan fingerprint density at radius 1 is 1.20 bits per heavy atom. The highest BCUT2D eigenvalue weighted by Crippen LogP contribution is 2.16. The highest BCUT2D eigenvalue weighted by molar-refractivity contribution is 5.28. The molecule has 2 nitrogen and oxygen atoms in total. The number of benzene rings is 1. The molecule has 0 aliphatic carbocycles. The van der Waals surface area contributed by atoms with Crippen LogP contribution >= 0.6 is 0 Å². The second-order valence-electron chi connectivity index (χ2n) is 4.39. The Balaban J connectivity index is 2.08. The van der Waals surface area contributed by atoms with E-state index in [0.717, 1.165) is 19.6 Å². The van der Waals surface area contributed by atoms with Gasteiger partial charge in [-0.2, -0.15) is 0 Å². The maximum Gasteiger partial charge on any atom is 0.0190 e. The highest BCUT2D eigenvalue weighted by atomic mass is 15.2. The maximum absolute atomic E-state index is 5.72. The number of nitrogens with zero attached hydrogens (tertiary/aromatic N) is 1. The van der Waals surface area contributed by atoms with Crippen molar-refractivity contribution in [3.05, 3.63) is 35.4 Å². The summed E-state index contributed by atoms with van der Waals surface area (Å²) >= 11 is 0. The lowest BCUT2D eigenvalue weighted by Gasteiger charge is -2.26. The van der Waals surface area contributed by atoms with Crippen LogP contribution in [0.2, 0.25) is 0 Å². The summed E-state index contributed by atoms with van der Waals surface area (Å²) < 4.78 is 0. The van der Waals surface area contributed by atoms with Crippen LogP contribution in [0.1, 0.15) is 18.1 Å². The minimum atomic E-state index is 0.513. The van der Waals surface area contributed by atoms with Crippen molar-refractivity contribution in [3.8, 4) is 0 Å². The van der Waals surface area contributed by atoms with Crippen molar-refractivity contribution >= 4 is 0 Å². The summed E-state index contributed by atoms with van der Waals surface area (Å²) in [6.45, 7) is 5.27. The third-order valence-electron chi connectivity index (χ3n) is 3.42. The first-order valence-corrected chi connectivity index (χ1v) is 5.82. The van der Waals surface area contributed by atoms with Gasteiger partial charge in [0.05, 0.1) is 0 Å². The molecular formula is C13H20N2. The smallest absolute Gasteiger partial charge is 0.0190 e. The van der Waals surface area contributed by atoms with Gasteiger partial charge in [0.2, 0.25) is 0 Å². The topological polar surface area (TPSA) is 29.3 Å². The number of nitrogens with two attached hydrogens (primary N) is 1. The predicted molar refractivity (Wildman–Crippen MR) is 63.9 cm³/mol. The van der Waals surface area contributed by atoms with E-state index in [4.69, 9.17) is 5.73 Å². The van der Waals surface area contributed by atoms with Gasteiger partial charge in [-0.15, -0.1) is 0 Å². The molecule has 82 valence electrons. The molecule has 2 heteroatoms. The first-order chi connectivity index (χ1) is 7.31. The molecule has 1 unspecified atom stereocenters. The Labute approximate surface area is 92.1 Å². The zero-order chi connectivity index (χ0) is 10.7. The second kappa shape index (κ2) is 4.77. The molecule has 0 radical (unpaired) electrons. The zero-order valence-electron chi connectivity index (χ0n) is 9.45. The number of rotatable bonds is 2. The largest absolute Gasteiger partial charge is 0.329 e. The first-order valence-electron chi connectivity index (χ1n) is 5.82. The van der Waals surface area contributed by atoms with Gasteiger partial charge in [0.15, 0.2) is 0 Å². The van der Waals surface area contributed by atoms with Crippen LogP contribution in [0.3, 0.4) is 0 Å². The van der Waals surface area contributed by atoms with E-state index in [1.165, 1.54) is 24.0 Å². The molecule has 1 aromatic carbocycles. The van der Waals surface area contributed by atoms with Crippen molar-refractivity contribution in [1.82, 2.24) is 4.90 Å². The molecule has 1 atom stereocenters. The van der Waals surface area contributed by atoms with Crippen molar-refractivity contribution < 1.29 is 0 Å². The van der Waals surface area contributed by atoms with Crippen molar-refractivity contribution in [2.45, 2.75) is 25.8 Å². The van der Waals surface area contributed by atoms with Gasteiger partial charge >= 0.3 is 0 Å². The Morgan fingerprint density at radius 2 is 1.73 bits per heavy atom. The van der Waals surface area contributed by atoms with Crippen LogP contribution in [0, 0.1) is 0 Å². The number of hydrogen-bond donors (Lipinski definition) is 1. The quantitative estimate of drug-likeness (QED) is 0.789. The fourth-order valence-corrected chi connectivity index (χ4v) is 2.28.